The molecule has 1 heterocycles. The standard InChI is InChI=1S/C18H20BrNO2/c1-3-9-18(19,10-4-2)16-12-15(21)14-7-5-6-13(8-11-20)17(14)22-16/h5-7,12H,3-4,8-10H2,1-2H3. The number of halogens is 1. The Balaban J connectivity index is 2.68. The molecular formula is C18H20BrNO2. The molecule has 0 unspecified atom stereocenters. The van der Waals surface area contributed by atoms with Crippen molar-refractivity contribution in [2.24, 2.45) is 0 Å². The Labute approximate surface area is 139 Å². The number of hydrogen-bond acceptors (Lipinski definition) is 3. The van der Waals surface area contributed by atoms with Gasteiger partial charge in [-0.05, 0) is 18.9 Å². The molecule has 1 aromatic heterocycles. The highest BCUT2D eigenvalue weighted by molar-refractivity contribution is 9.09. The first-order chi connectivity index (χ1) is 10.6. The van der Waals surface area contributed by atoms with Gasteiger partial charge in [0.1, 0.15) is 11.3 Å². The van der Waals surface area contributed by atoms with E-state index in [9.17, 15) is 4.79 Å². The molecule has 0 radical (unpaired) electrons. The largest absolute Gasteiger partial charge is 0.459 e. The van der Waals surface area contributed by atoms with Crippen LogP contribution in [-0.4, -0.2) is 0 Å². The van der Waals surface area contributed by atoms with Crippen LogP contribution in [0.3, 0.4) is 0 Å². The Morgan fingerprint density at radius 1 is 1.27 bits per heavy atom. The molecule has 2 rings (SSSR count). The van der Waals surface area contributed by atoms with Gasteiger partial charge in [0.05, 0.1) is 22.2 Å². The predicted octanol–water partition coefficient (Wildman–Crippen LogP) is 5.05. The summed E-state index contributed by atoms with van der Waals surface area (Å²) in [6.45, 7) is 4.23. The SMILES string of the molecule is CCCC(Br)(CCC)c1cc(=O)c2cccc(CC#N)c2o1. The fraction of sp³-hybridized carbons (Fsp3) is 0.444. The van der Waals surface area contributed by atoms with Gasteiger partial charge in [-0.3, -0.25) is 4.79 Å². The van der Waals surface area contributed by atoms with E-state index >= 15 is 0 Å². The van der Waals surface area contributed by atoms with E-state index in [1.54, 1.807) is 18.2 Å². The van der Waals surface area contributed by atoms with Gasteiger partial charge >= 0.3 is 0 Å². The number of hydrogen-bond donors (Lipinski definition) is 0. The van der Waals surface area contributed by atoms with Gasteiger partial charge in [-0.2, -0.15) is 5.26 Å². The lowest BCUT2D eigenvalue weighted by Gasteiger charge is -2.26. The van der Waals surface area contributed by atoms with Crippen LogP contribution in [0.5, 0.6) is 0 Å². The Kier molecular flexibility index (Phi) is 5.42. The molecule has 0 aliphatic carbocycles. The van der Waals surface area contributed by atoms with E-state index in [0.717, 1.165) is 31.2 Å². The van der Waals surface area contributed by atoms with Crippen molar-refractivity contribution in [1.29, 1.82) is 5.26 Å². The topological polar surface area (TPSA) is 54.0 Å². The van der Waals surface area contributed by atoms with Gasteiger partial charge in [0.2, 0.25) is 0 Å². The van der Waals surface area contributed by atoms with Crippen molar-refractivity contribution >= 4 is 26.9 Å². The minimum absolute atomic E-state index is 0.0490. The summed E-state index contributed by atoms with van der Waals surface area (Å²) < 4.78 is 5.78. The number of nitrogens with zero attached hydrogens (tertiary/aromatic N) is 1. The second-order valence-electron chi connectivity index (χ2n) is 5.57. The highest BCUT2D eigenvalue weighted by Crippen LogP contribution is 2.41. The second kappa shape index (κ2) is 7.11. The van der Waals surface area contributed by atoms with E-state index in [2.05, 4.69) is 35.8 Å². The molecule has 3 nitrogen and oxygen atoms in total. The maximum atomic E-state index is 12.4. The zero-order chi connectivity index (χ0) is 16.2. The molecule has 0 aliphatic rings. The lowest BCUT2D eigenvalue weighted by molar-refractivity contribution is 0.410. The lowest BCUT2D eigenvalue weighted by atomic mass is 9.94. The normalized spacial score (nSPS) is 11.5. The van der Waals surface area contributed by atoms with Crippen molar-refractivity contribution in [1.82, 2.24) is 0 Å². The zero-order valence-electron chi connectivity index (χ0n) is 13.0. The monoisotopic (exact) mass is 361 g/mol. The quantitative estimate of drug-likeness (QED) is 0.676. The molecule has 0 atom stereocenters. The molecule has 0 aliphatic heterocycles. The number of rotatable bonds is 6. The molecule has 2 aromatic rings. The van der Waals surface area contributed by atoms with Gasteiger partial charge < -0.3 is 4.42 Å². The van der Waals surface area contributed by atoms with Crippen LogP contribution in [0, 0.1) is 11.3 Å². The van der Waals surface area contributed by atoms with Crippen molar-refractivity contribution in [3.8, 4) is 6.07 Å². The van der Waals surface area contributed by atoms with E-state index in [4.69, 9.17) is 9.68 Å². The van der Waals surface area contributed by atoms with Gasteiger partial charge in [0.15, 0.2) is 5.43 Å². The maximum absolute atomic E-state index is 12.4. The maximum Gasteiger partial charge on any atom is 0.193 e. The van der Waals surface area contributed by atoms with Gasteiger partial charge in [-0.15, -0.1) is 0 Å². The first-order valence-corrected chi connectivity index (χ1v) is 8.47. The summed E-state index contributed by atoms with van der Waals surface area (Å²) >= 11 is 3.80. The van der Waals surface area contributed by atoms with Crippen molar-refractivity contribution < 1.29 is 4.42 Å². The molecular weight excluding hydrogens is 342 g/mol. The third-order valence-corrected chi connectivity index (χ3v) is 5.02. The minimum Gasteiger partial charge on any atom is -0.459 e. The number of nitriles is 1. The fourth-order valence-electron chi connectivity index (χ4n) is 2.84. The number of para-hydroxylation sites is 1. The number of fused-ring (bicyclic) bond motifs is 1. The molecule has 0 spiro atoms. The summed E-state index contributed by atoms with van der Waals surface area (Å²) in [7, 11) is 0. The first kappa shape index (κ1) is 16.8. The number of benzene rings is 1. The van der Waals surface area contributed by atoms with Gasteiger partial charge in [0, 0.05) is 11.6 Å². The molecule has 0 N–H and O–H groups in total. The average molecular weight is 362 g/mol. The van der Waals surface area contributed by atoms with Crippen LogP contribution in [0.4, 0.5) is 0 Å². The highest BCUT2D eigenvalue weighted by Gasteiger charge is 2.31. The van der Waals surface area contributed by atoms with Crippen LogP contribution in [0.2, 0.25) is 0 Å². The van der Waals surface area contributed by atoms with E-state index in [-0.39, 0.29) is 16.2 Å². The predicted molar refractivity (Wildman–Crippen MR) is 92.2 cm³/mol. The molecule has 0 fully saturated rings. The molecule has 116 valence electrons. The van der Waals surface area contributed by atoms with Gasteiger partial charge in [-0.1, -0.05) is 54.8 Å². The zero-order valence-corrected chi connectivity index (χ0v) is 14.6. The average Bonchev–Trinajstić information content (AvgIpc) is 2.48. The van der Waals surface area contributed by atoms with E-state index in [1.165, 1.54) is 0 Å². The summed E-state index contributed by atoms with van der Waals surface area (Å²) in [4.78, 5) is 12.4. The summed E-state index contributed by atoms with van der Waals surface area (Å²) in [5, 5.41) is 9.51. The van der Waals surface area contributed by atoms with Crippen molar-refractivity contribution in [2.75, 3.05) is 0 Å². The van der Waals surface area contributed by atoms with Crippen LogP contribution in [0.1, 0.15) is 50.9 Å². The van der Waals surface area contributed by atoms with E-state index < -0.39 is 0 Å². The van der Waals surface area contributed by atoms with Gasteiger partial charge in [-0.25, -0.2) is 0 Å². The Morgan fingerprint density at radius 3 is 2.55 bits per heavy atom. The molecule has 0 amide bonds. The Bertz CT molecular complexity index is 752. The Hall–Kier alpha value is -1.60. The summed E-state index contributed by atoms with van der Waals surface area (Å²) in [5.74, 6) is 0.666. The first-order valence-electron chi connectivity index (χ1n) is 7.67. The molecule has 0 saturated carbocycles. The second-order valence-corrected chi connectivity index (χ2v) is 7.09. The molecule has 22 heavy (non-hydrogen) atoms. The third-order valence-electron chi connectivity index (χ3n) is 3.84. The third kappa shape index (κ3) is 3.25. The van der Waals surface area contributed by atoms with Crippen LogP contribution < -0.4 is 5.43 Å². The van der Waals surface area contributed by atoms with Crippen LogP contribution in [0.15, 0.2) is 33.5 Å². The van der Waals surface area contributed by atoms with Crippen molar-refractivity contribution in [3.63, 3.8) is 0 Å². The van der Waals surface area contributed by atoms with Gasteiger partial charge in [0.25, 0.3) is 0 Å². The molecule has 4 heteroatoms. The lowest BCUT2D eigenvalue weighted by Crippen LogP contribution is -2.20. The highest BCUT2D eigenvalue weighted by atomic mass is 79.9. The minimum atomic E-state index is -0.316. The van der Waals surface area contributed by atoms with Crippen LogP contribution in [-0.2, 0) is 10.7 Å². The number of alkyl halides is 1. The van der Waals surface area contributed by atoms with Crippen LogP contribution >= 0.6 is 15.9 Å². The fourth-order valence-corrected chi connectivity index (χ4v) is 3.83. The summed E-state index contributed by atoms with van der Waals surface area (Å²) in [6, 6.07) is 9.12. The van der Waals surface area contributed by atoms with Crippen LogP contribution in [0.25, 0.3) is 11.0 Å². The summed E-state index contributed by atoms with van der Waals surface area (Å²) in [6.07, 6.45) is 4.02. The molecule has 0 saturated heterocycles. The smallest absolute Gasteiger partial charge is 0.193 e. The Morgan fingerprint density at radius 2 is 1.95 bits per heavy atom. The van der Waals surface area contributed by atoms with Crippen molar-refractivity contribution in [3.05, 3.63) is 45.8 Å². The van der Waals surface area contributed by atoms with E-state index in [1.807, 2.05) is 6.07 Å². The van der Waals surface area contributed by atoms with Crippen molar-refractivity contribution in [2.45, 2.75) is 50.3 Å². The molecule has 1 aromatic carbocycles. The van der Waals surface area contributed by atoms with E-state index in [0.29, 0.717) is 16.7 Å². The molecule has 0 bridgehead atoms. The summed E-state index contributed by atoms with van der Waals surface area (Å²) in [5.41, 5.74) is 1.26.